The second-order valence-corrected chi connectivity index (χ2v) is 8.94. The Hall–Kier alpha value is -2.97. The molecule has 5 rings (SSSR count). The van der Waals surface area contributed by atoms with E-state index in [-0.39, 0.29) is 17.6 Å². The molecule has 1 fully saturated rings. The maximum atomic E-state index is 13.8. The largest absolute Gasteiger partial charge is 0.459 e. The van der Waals surface area contributed by atoms with Crippen LogP contribution in [0.1, 0.15) is 39.5 Å². The Kier molecular flexibility index (Phi) is 5.33. The highest BCUT2D eigenvalue weighted by Crippen LogP contribution is 2.38. The van der Waals surface area contributed by atoms with Gasteiger partial charge >= 0.3 is 0 Å². The average molecular weight is 438 g/mol. The first-order chi connectivity index (χ1) is 15.2. The molecule has 2 aliphatic rings. The number of anilines is 1. The summed E-state index contributed by atoms with van der Waals surface area (Å²) in [7, 11) is 0. The van der Waals surface area contributed by atoms with Crippen molar-refractivity contribution in [3.8, 4) is 0 Å². The highest BCUT2D eigenvalue weighted by atomic mass is 32.1. The normalized spacial score (nSPS) is 17.7. The molecule has 1 aromatic carbocycles. The Morgan fingerprint density at radius 3 is 2.65 bits per heavy atom. The molecule has 3 aromatic rings. The molecule has 0 saturated carbocycles. The number of ether oxygens (including phenoxy) is 1. The van der Waals surface area contributed by atoms with E-state index in [0.29, 0.717) is 50.7 Å². The smallest absolute Gasteiger partial charge is 0.293 e. The third kappa shape index (κ3) is 3.77. The highest BCUT2D eigenvalue weighted by molar-refractivity contribution is 7.15. The molecule has 0 aliphatic carbocycles. The van der Waals surface area contributed by atoms with Crippen molar-refractivity contribution in [3.63, 3.8) is 0 Å². The number of furan rings is 1. The molecule has 0 spiro atoms. The minimum Gasteiger partial charge on any atom is -0.459 e. The van der Waals surface area contributed by atoms with Gasteiger partial charge in [-0.25, -0.2) is 4.98 Å². The fourth-order valence-electron chi connectivity index (χ4n) is 4.39. The lowest BCUT2D eigenvalue weighted by atomic mass is 9.73. The number of carbonyl (C=O) groups excluding carboxylic acids is 2. The van der Waals surface area contributed by atoms with E-state index in [4.69, 9.17) is 9.15 Å². The molecule has 4 heterocycles. The van der Waals surface area contributed by atoms with Gasteiger partial charge in [-0.1, -0.05) is 41.7 Å². The number of thiazole rings is 1. The molecule has 2 amide bonds. The van der Waals surface area contributed by atoms with Crippen LogP contribution in [0.3, 0.4) is 0 Å². The first-order valence-electron chi connectivity index (χ1n) is 10.4. The zero-order chi connectivity index (χ0) is 21.3. The third-order valence-electron chi connectivity index (χ3n) is 6.07. The number of fused-ring (bicyclic) bond motifs is 1. The molecule has 0 unspecified atom stereocenters. The molecule has 160 valence electrons. The van der Waals surface area contributed by atoms with Gasteiger partial charge in [-0.05, 0) is 30.5 Å². The predicted molar refractivity (Wildman–Crippen MR) is 116 cm³/mol. The van der Waals surface area contributed by atoms with Crippen LogP contribution in [0, 0.1) is 0 Å². The Morgan fingerprint density at radius 2 is 1.90 bits per heavy atom. The number of hydrogen-bond donors (Lipinski definition) is 1. The lowest BCUT2D eigenvalue weighted by Crippen LogP contribution is -2.51. The summed E-state index contributed by atoms with van der Waals surface area (Å²) >= 11 is 1.42. The van der Waals surface area contributed by atoms with Gasteiger partial charge in [0.05, 0.1) is 23.9 Å². The van der Waals surface area contributed by atoms with Crippen LogP contribution in [0.2, 0.25) is 0 Å². The molecule has 7 nitrogen and oxygen atoms in total. The Bertz CT molecular complexity index is 1070. The van der Waals surface area contributed by atoms with Crippen LogP contribution >= 0.6 is 11.3 Å². The summed E-state index contributed by atoms with van der Waals surface area (Å²) < 4.78 is 10.7. The van der Waals surface area contributed by atoms with Gasteiger partial charge in [0.25, 0.3) is 5.91 Å². The van der Waals surface area contributed by atoms with E-state index in [0.717, 1.165) is 16.1 Å². The van der Waals surface area contributed by atoms with E-state index in [2.05, 4.69) is 10.3 Å². The van der Waals surface area contributed by atoms with Crippen molar-refractivity contribution in [1.29, 1.82) is 0 Å². The van der Waals surface area contributed by atoms with Crippen LogP contribution in [-0.4, -0.2) is 41.5 Å². The lowest BCUT2D eigenvalue weighted by Gasteiger charge is -2.41. The average Bonchev–Trinajstić information content (AvgIpc) is 3.49. The van der Waals surface area contributed by atoms with Crippen LogP contribution in [0.5, 0.6) is 0 Å². The summed E-state index contributed by atoms with van der Waals surface area (Å²) in [5.41, 5.74) is 1.47. The van der Waals surface area contributed by atoms with Crippen LogP contribution in [0.4, 0.5) is 5.13 Å². The zero-order valence-electron chi connectivity index (χ0n) is 17.0. The fourth-order valence-corrected chi connectivity index (χ4v) is 5.41. The number of carbonyl (C=O) groups is 2. The lowest BCUT2D eigenvalue weighted by molar-refractivity contribution is -0.142. The van der Waals surface area contributed by atoms with Crippen molar-refractivity contribution in [2.75, 3.05) is 25.1 Å². The van der Waals surface area contributed by atoms with E-state index >= 15 is 0 Å². The van der Waals surface area contributed by atoms with Crippen molar-refractivity contribution in [1.82, 2.24) is 9.88 Å². The molecule has 0 bridgehead atoms. The first kappa shape index (κ1) is 20.0. The summed E-state index contributed by atoms with van der Waals surface area (Å²) in [5, 5.41) is 3.33. The van der Waals surface area contributed by atoms with E-state index in [1.54, 1.807) is 12.1 Å². The second kappa shape index (κ2) is 8.28. The number of nitrogens with one attached hydrogen (secondary N) is 1. The Balaban J connectivity index is 1.35. The summed E-state index contributed by atoms with van der Waals surface area (Å²) in [6, 6.07) is 13.3. The van der Waals surface area contributed by atoms with E-state index in [1.165, 1.54) is 17.6 Å². The van der Waals surface area contributed by atoms with E-state index < -0.39 is 5.41 Å². The van der Waals surface area contributed by atoms with Gasteiger partial charge in [-0.3, -0.25) is 14.9 Å². The molecule has 2 aliphatic heterocycles. The second-order valence-electron chi connectivity index (χ2n) is 7.86. The van der Waals surface area contributed by atoms with Crippen molar-refractivity contribution in [2.24, 2.45) is 0 Å². The number of benzene rings is 1. The van der Waals surface area contributed by atoms with Gasteiger partial charge in [0, 0.05) is 31.1 Å². The number of aromatic nitrogens is 1. The van der Waals surface area contributed by atoms with Crippen molar-refractivity contribution < 1.29 is 18.7 Å². The molecule has 8 heteroatoms. The maximum Gasteiger partial charge on any atom is 0.293 e. The minimum atomic E-state index is -0.544. The van der Waals surface area contributed by atoms with Gasteiger partial charge in [0.1, 0.15) is 0 Å². The standard InChI is InChI=1S/C23H23N3O4S/c27-20(18-7-4-12-30-18)25-22-24-17-8-11-26(15-19(17)31-22)21(28)23(9-13-29-14-10-23)16-5-2-1-3-6-16/h1-7,12H,8-11,13-15H2,(H,24,25,27). The van der Waals surface area contributed by atoms with Gasteiger partial charge in [-0.15, -0.1) is 0 Å². The number of rotatable bonds is 4. The SMILES string of the molecule is O=C(Nc1nc2c(s1)CN(C(=O)C1(c3ccccc3)CCOCC1)CC2)c1ccco1. The zero-order valence-corrected chi connectivity index (χ0v) is 17.8. The first-order valence-corrected chi connectivity index (χ1v) is 11.2. The van der Waals surface area contributed by atoms with Crippen molar-refractivity contribution in [2.45, 2.75) is 31.2 Å². The van der Waals surface area contributed by atoms with E-state index in [9.17, 15) is 9.59 Å². The fraction of sp³-hybridized carbons (Fsp3) is 0.348. The van der Waals surface area contributed by atoms with Gasteiger partial charge in [0.2, 0.25) is 5.91 Å². The summed E-state index contributed by atoms with van der Waals surface area (Å²) in [6.07, 6.45) is 3.51. The Morgan fingerprint density at radius 1 is 1.10 bits per heavy atom. The highest BCUT2D eigenvalue weighted by Gasteiger charge is 2.44. The van der Waals surface area contributed by atoms with Crippen molar-refractivity contribution in [3.05, 3.63) is 70.6 Å². The monoisotopic (exact) mass is 437 g/mol. The molecular formula is C23H23N3O4S. The molecule has 31 heavy (non-hydrogen) atoms. The number of amides is 2. The van der Waals surface area contributed by atoms with Crippen LogP contribution < -0.4 is 5.32 Å². The molecule has 1 N–H and O–H groups in total. The van der Waals surface area contributed by atoms with Gasteiger partial charge < -0.3 is 14.1 Å². The van der Waals surface area contributed by atoms with Crippen LogP contribution in [-0.2, 0) is 27.9 Å². The quantitative estimate of drug-likeness (QED) is 0.674. The van der Waals surface area contributed by atoms with E-state index in [1.807, 2.05) is 35.2 Å². The topological polar surface area (TPSA) is 84.7 Å². The summed E-state index contributed by atoms with van der Waals surface area (Å²) in [6.45, 7) is 2.31. The van der Waals surface area contributed by atoms with Crippen LogP contribution in [0.25, 0.3) is 0 Å². The molecule has 1 saturated heterocycles. The molecule has 0 radical (unpaired) electrons. The van der Waals surface area contributed by atoms with Crippen molar-refractivity contribution >= 4 is 28.3 Å². The molecule has 2 aromatic heterocycles. The summed E-state index contributed by atoms with van der Waals surface area (Å²) in [5.74, 6) is 0.0748. The molecule has 0 atom stereocenters. The van der Waals surface area contributed by atoms with Gasteiger partial charge in [0.15, 0.2) is 10.9 Å². The predicted octanol–water partition coefficient (Wildman–Crippen LogP) is 3.62. The summed E-state index contributed by atoms with van der Waals surface area (Å²) in [4.78, 5) is 33.6. The maximum absolute atomic E-state index is 13.8. The third-order valence-corrected chi connectivity index (χ3v) is 7.06. The number of hydrogen-bond acceptors (Lipinski definition) is 6. The van der Waals surface area contributed by atoms with Crippen LogP contribution in [0.15, 0.2) is 53.1 Å². The Labute approximate surface area is 184 Å². The molecular weight excluding hydrogens is 414 g/mol. The number of nitrogens with zero attached hydrogens (tertiary/aromatic N) is 2. The van der Waals surface area contributed by atoms with Gasteiger partial charge in [-0.2, -0.15) is 0 Å². The minimum absolute atomic E-state index is 0.155.